The van der Waals surface area contributed by atoms with Crippen LogP contribution in [0.3, 0.4) is 0 Å². The predicted molar refractivity (Wildman–Crippen MR) is 164 cm³/mol. The van der Waals surface area contributed by atoms with E-state index in [9.17, 15) is 18.0 Å². The van der Waals surface area contributed by atoms with Crippen LogP contribution in [-0.2, 0) is 26.2 Å². The molecule has 3 rings (SSSR count). The van der Waals surface area contributed by atoms with Crippen molar-refractivity contribution in [3.8, 4) is 0 Å². The number of hydrogen-bond donors (Lipinski definition) is 1. The van der Waals surface area contributed by atoms with E-state index in [1.165, 1.54) is 10.7 Å². The van der Waals surface area contributed by atoms with Crippen molar-refractivity contribution in [3.63, 3.8) is 0 Å². The van der Waals surface area contributed by atoms with Crippen LogP contribution < -0.4 is 9.62 Å². The first kappa shape index (κ1) is 32.5. The number of hydrogen-bond acceptors (Lipinski definition) is 4. The lowest BCUT2D eigenvalue weighted by atomic mass is 9.95. The zero-order valence-electron chi connectivity index (χ0n) is 23.3. The fourth-order valence-electron chi connectivity index (χ4n) is 5.15. The quantitative estimate of drug-likeness (QED) is 0.281. The van der Waals surface area contributed by atoms with Gasteiger partial charge in [-0.3, -0.25) is 13.9 Å². The van der Waals surface area contributed by atoms with E-state index in [1.807, 2.05) is 6.92 Å². The molecule has 7 nitrogen and oxygen atoms in total. The summed E-state index contributed by atoms with van der Waals surface area (Å²) in [5, 5.41) is 4.39. The minimum Gasteiger partial charge on any atom is -0.352 e. The highest BCUT2D eigenvalue weighted by Gasteiger charge is 2.30. The Hall–Kier alpha value is -2.00. The molecule has 11 heteroatoms. The molecule has 1 aliphatic carbocycles. The molecule has 1 N–H and O–H groups in total. The molecule has 1 saturated carbocycles. The van der Waals surface area contributed by atoms with Gasteiger partial charge in [-0.1, -0.05) is 73.1 Å². The SMILES string of the molecule is CC[C@H](C(=O)NC1CCCCC1)N(Cc1ccc(Cl)c(Cl)c1)C(=O)CCCN(c1cccc(Cl)c1C)S(C)(=O)=O. The Balaban J connectivity index is 1.80. The van der Waals surface area contributed by atoms with Crippen LogP contribution in [-0.4, -0.2) is 50.0 Å². The van der Waals surface area contributed by atoms with Crippen LogP contribution in [0.4, 0.5) is 5.69 Å². The lowest BCUT2D eigenvalue weighted by molar-refractivity contribution is -0.141. The first-order valence-corrected chi connectivity index (χ1v) is 16.7. The first-order chi connectivity index (χ1) is 18.9. The summed E-state index contributed by atoms with van der Waals surface area (Å²) >= 11 is 18.6. The average Bonchev–Trinajstić information content (AvgIpc) is 2.90. The van der Waals surface area contributed by atoms with Crippen LogP contribution in [0.2, 0.25) is 15.1 Å². The topological polar surface area (TPSA) is 86.8 Å². The summed E-state index contributed by atoms with van der Waals surface area (Å²) in [5.74, 6) is -0.414. The van der Waals surface area contributed by atoms with E-state index in [1.54, 1.807) is 48.2 Å². The van der Waals surface area contributed by atoms with Crippen molar-refractivity contribution in [2.75, 3.05) is 17.1 Å². The molecule has 0 spiro atoms. The number of amides is 2. The molecule has 1 fully saturated rings. The monoisotopic (exact) mass is 629 g/mol. The zero-order valence-corrected chi connectivity index (χ0v) is 26.3. The Bertz CT molecular complexity index is 1300. The Morgan fingerprint density at radius 2 is 1.73 bits per heavy atom. The molecule has 0 saturated heterocycles. The van der Waals surface area contributed by atoms with Crippen molar-refractivity contribution in [1.29, 1.82) is 0 Å². The molecule has 220 valence electrons. The van der Waals surface area contributed by atoms with E-state index in [0.717, 1.165) is 37.5 Å². The van der Waals surface area contributed by atoms with E-state index in [0.29, 0.717) is 32.7 Å². The van der Waals surface area contributed by atoms with Gasteiger partial charge in [0, 0.05) is 30.6 Å². The van der Waals surface area contributed by atoms with Gasteiger partial charge in [0.2, 0.25) is 21.8 Å². The van der Waals surface area contributed by atoms with E-state index in [-0.39, 0.29) is 43.8 Å². The Labute approximate surface area is 253 Å². The Morgan fingerprint density at radius 1 is 1.02 bits per heavy atom. The van der Waals surface area contributed by atoms with Crippen LogP contribution in [0.1, 0.15) is 69.4 Å². The number of nitrogens with one attached hydrogen (secondary N) is 1. The maximum atomic E-state index is 13.7. The number of benzene rings is 2. The fourth-order valence-corrected chi connectivity index (χ4v) is 6.65. The first-order valence-electron chi connectivity index (χ1n) is 13.7. The second-order valence-corrected chi connectivity index (χ2v) is 13.5. The third kappa shape index (κ3) is 8.75. The Morgan fingerprint density at radius 3 is 2.35 bits per heavy atom. The molecule has 0 radical (unpaired) electrons. The minimum absolute atomic E-state index is 0.0557. The zero-order chi connectivity index (χ0) is 29.4. The average molecular weight is 631 g/mol. The number of rotatable bonds is 12. The summed E-state index contributed by atoms with van der Waals surface area (Å²) in [7, 11) is -3.63. The highest BCUT2D eigenvalue weighted by molar-refractivity contribution is 7.92. The normalized spacial score (nSPS) is 14.9. The van der Waals surface area contributed by atoms with Crippen LogP contribution in [0.15, 0.2) is 36.4 Å². The third-order valence-corrected chi connectivity index (χ3v) is 9.66. The van der Waals surface area contributed by atoms with Gasteiger partial charge in [-0.2, -0.15) is 0 Å². The van der Waals surface area contributed by atoms with E-state index >= 15 is 0 Å². The number of carbonyl (C=O) groups excluding carboxylic acids is 2. The summed E-state index contributed by atoms with van der Waals surface area (Å²) in [6.07, 6.45) is 7.09. The van der Waals surface area contributed by atoms with Gasteiger partial charge >= 0.3 is 0 Å². The Kier molecular flexibility index (Phi) is 12.0. The molecule has 1 atom stereocenters. The van der Waals surface area contributed by atoms with Crippen molar-refractivity contribution in [3.05, 3.63) is 62.6 Å². The summed E-state index contributed by atoms with van der Waals surface area (Å²) in [6, 6.07) is 9.69. The van der Waals surface area contributed by atoms with Gasteiger partial charge in [0.1, 0.15) is 6.04 Å². The molecule has 40 heavy (non-hydrogen) atoms. The number of carbonyl (C=O) groups is 2. The van der Waals surface area contributed by atoms with E-state index in [2.05, 4.69) is 5.32 Å². The van der Waals surface area contributed by atoms with E-state index in [4.69, 9.17) is 34.8 Å². The molecule has 0 bridgehead atoms. The van der Waals surface area contributed by atoms with Crippen LogP contribution in [0.5, 0.6) is 0 Å². The van der Waals surface area contributed by atoms with Crippen LogP contribution >= 0.6 is 34.8 Å². The van der Waals surface area contributed by atoms with Crippen molar-refractivity contribution < 1.29 is 18.0 Å². The van der Waals surface area contributed by atoms with Gasteiger partial charge in [-0.25, -0.2) is 8.42 Å². The molecular weight excluding hydrogens is 593 g/mol. The minimum atomic E-state index is -3.63. The van der Waals surface area contributed by atoms with Gasteiger partial charge in [0.25, 0.3) is 0 Å². The summed E-state index contributed by atoms with van der Waals surface area (Å²) in [6.45, 7) is 3.91. The van der Waals surface area contributed by atoms with Gasteiger partial charge < -0.3 is 10.2 Å². The molecule has 2 aromatic carbocycles. The lowest BCUT2D eigenvalue weighted by Crippen LogP contribution is -2.51. The molecule has 0 heterocycles. The summed E-state index contributed by atoms with van der Waals surface area (Å²) < 4.78 is 26.6. The van der Waals surface area contributed by atoms with Crippen LogP contribution in [0.25, 0.3) is 0 Å². The second-order valence-electron chi connectivity index (χ2n) is 10.4. The molecule has 0 aliphatic heterocycles. The summed E-state index contributed by atoms with van der Waals surface area (Å²) in [4.78, 5) is 28.7. The molecule has 2 aromatic rings. The molecule has 1 aliphatic rings. The van der Waals surface area contributed by atoms with Gasteiger partial charge in [0.15, 0.2) is 0 Å². The predicted octanol–water partition coefficient (Wildman–Crippen LogP) is 6.76. The third-order valence-electron chi connectivity index (χ3n) is 7.33. The highest BCUT2D eigenvalue weighted by atomic mass is 35.5. The van der Waals surface area contributed by atoms with Gasteiger partial charge in [-0.05, 0) is 68.0 Å². The van der Waals surface area contributed by atoms with Crippen LogP contribution in [0, 0.1) is 6.92 Å². The molecule has 2 amide bonds. The standard InChI is InChI=1S/C29H38Cl3N3O4S/c1-4-26(29(37)33-22-10-6-5-7-11-22)34(19-21-15-16-24(31)25(32)18-21)28(36)14-9-17-35(40(3,38)39)27-13-8-12-23(30)20(27)2/h8,12-13,15-16,18,22,26H,4-7,9-11,14,17,19H2,1-3H3,(H,33,37)/t26-/m1/s1. The molecule has 0 unspecified atom stereocenters. The lowest BCUT2D eigenvalue weighted by Gasteiger charge is -2.33. The molecular formula is C29H38Cl3N3O4S. The van der Waals surface area contributed by atoms with Crippen molar-refractivity contribution in [2.45, 2.75) is 83.8 Å². The highest BCUT2D eigenvalue weighted by Crippen LogP contribution is 2.29. The second kappa shape index (κ2) is 14.8. The maximum Gasteiger partial charge on any atom is 0.243 e. The number of anilines is 1. The van der Waals surface area contributed by atoms with Crippen molar-refractivity contribution >= 4 is 62.3 Å². The smallest absolute Gasteiger partial charge is 0.243 e. The maximum absolute atomic E-state index is 13.7. The van der Waals surface area contributed by atoms with Gasteiger partial charge in [-0.15, -0.1) is 0 Å². The van der Waals surface area contributed by atoms with E-state index < -0.39 is 16.1 Å². The van der Waals surface area contributed by atoms with Crippen molar-refractivity contribution in [1.82, 2.24) is 10.2 Å². The number of nitrogens with zero attached hydrogens (tertiary/aromatic N) is 2. The number of sulfonamides is 1. The van der Waals surface area contributed by atoms with Gasteiger partial charge in [0.05, 0.1) is 22.0 Å². The largest absolute Gasteiger partial charge is 0.352 e. The summed E-state index contributed by atoms with van der Waals surface area (Å²) in [5.41, 5.74) is 1.87. The fraction of sp³-hybridized carbons (Fsp3) is 0.517. The number of halogens is 3. The van der Waals surface area contributed by atoms with Crippen molar-refractivity contribution in [2.24, 2.45) is 0 Å². The molecule has 0 aromatic heterocycles.